The Morgan fingerprint density at radius 3 is 2.25 bits per heavy atom. The number of anilines is 1. The minimum atomic E-state index is -0.579. The van der Waals surface area contributed by atoms with Gasteiger partial charge in [-0.05, 0) is 41.6 Å². The Morgan fingerprint density at radius 2 is 1.59 bits per heavy atom. The Kier molecular flexibility index (Phi) is 7.24. The standard InChI is InChI=1S/C26H27N3O2S/c1-2-29-26(25(31)27-22(19-30)17-20-11-5-3-6-12-20)28(18-21-13-7-4-8-14-21)23-15-9-10-16-24(23)32-29/h3-16,19,22,26H,2,17-18H2,1H3,(H,27,31)/t22-,26?/m0/s1. The number of benzene rings is 3. The molecule has 2 atom stereocenters. The second kappa shape index (κ2) is 10.5. The van der Waals surface area contributed by atoms with Gasteiger partial charge in [0.25, 0.3) is 5.91 Å². The molecule has 0 aromatic heterocycles. The van der Waals surface area contributed by atoms with Crippen molar-refractivity contribution in [2.45, 2.75) is 37.0 Å². The molecule has 1 aliphatic rings. The number of carbonyl (C=O) groups is 2. The van der Waals surface area contributed by atoms with Gasteiger partial charge < -0.3 is 15.0 Å². The number of nitrogens with one attached hydrogen (secondary N) is 1. The van der Waals surface area contributed by atoms with Crippen LogP contribution in [0.4, 0.5) is 5.69 Å². The molecule has 0 saturated carbocycles. The fourth-order valence-corrected chi connectivity index (χ4v) is 5.06. The van der Waals surface area contributed by atoms with Crippen molar-refractivity contribution in [2.24, 2.45) is 0 Å². The molecule has 3 aromatic rings. The van der Waals surface area contributed by atoms with Crippen LogP contribution in [0.2, 0.25) is 0 Å². The highest BCUT2D eigenvalue weighted by atomic mass is 32.2. The quantitative estimate of drug-likeness (QED) is 0.414. The highest BCUT2D eigenvalue weighted by molar-refractivity contribution is 7.97. The lowest BCUT2D eigenvalue weighted by molar-refractivity contribution is -0.127. The zero-order chi connectivity index (χ0) is 22.3. The molecule has 164 valence electrons. The van der Waals surface area contributed by atoms with Crippen LogP contribution < -0.4 is 10.2 Å². The summed E-state index contributed by atoms with van der Waals surface area (Å²) in [5.74, 6) is -0.169. The predicted molar refractivity (Wildman–Crippen MR) is 129 cm³/mol. The molecule has 4 rings (SSSR count). The van der Waals surface area contributed by atoms with Crippen molar-refractivity contribution in [1.29, 1.82) is 0 Å². The number of para-hydroxylation sites is 1. The molecule has 0 spiro atoms. The third-order valence-electron chi connectivity index (χ3n) is 5.49. The second-order valence-corrected chi connectivity index (χ2v) is 8.81. The van der Waals surface area contributed by atoms with Gasteiger partial charge in [0.1, 0.15) is 6.29 Å². The molecule has 3 aromatic carbocycles. The average molecular weight is 446 g/mol. The Morgan fingerprint density at radius 1 is 0.969 bits per heavy atom. The summed E-state index contributed by atoms with van der Waals surface area (Å²) in [4.78, 5) is 28.6. The van der Waals surface area contributed by atoms with Gasteiger partial charge in [0, 0.05) is 18.0 Å². The van der Waals surface area contributed by atoms with Crippen molar-refractivity contribution in [3.8, 4) is 0 Å². The van der Waals surface area contributed by atoms with Crippen LogP contribution in [0.25, 0.3) is 0 Å². The van der Waals surface area contributed by atoms with Gasteiger partial charge in [0.05, 0.1) is 11.7 Å². The minimum Gasteiger partial charge on any atom is -0.343 e. The molecule has 1 heterocycles. The molecule has 32 heavy (non-hydrogen) atoms. The van der Waals surface area contributed by atoms with E-state index < -0.39 is 12.2 Å². The number of fused-ring (bicyclic) bond motifs is 1. The zero-order valence-corrected chi connectivity index (χ0v) is 18.9. The first kappa shape index (κ1) is 22.1. The van der Waals surface area contributed by atoms with Gasteiger partial charge in [-0.3, -0.25) is 4.79 Å². The molecule has 1 N–H and O–H groups in total. The molecular weight excluding hydrogens is 418 g/mol. The maximum absolute atomic E-state index is 13.6. The Hall–Kier alpha value is -3.09. The van der Waals surface area contributed by atoms with E-state index in [0.29, 0.717) is 19.5 Å². The van der Waals surface area contributed by atoms with Crippen LogP contribution in [0.15, 0.2) is 89.8 Å². The summed E-state index contributed by atoms with van der Waals surface area (Å²) in [6, 6.07) is 27.5. The first-order chi connectivity index (χ1) is 15.7. The van der Waals surface area contributed by atoms with E-state index in [2.05, 4.69) is 38.8 Å². The molecule has 5 nitrogen and oxygen atoms in total. The first-order valence-electron chi connectivity index (χ1n) is 10.8. The molecule has 1 unspecified atom stereocenters. The molecule has 0 bridgehead atoms. The molecule has 0 fully saturated rings. The van der Waals surface area contributed by atoms with E-state index in [4.69, 9.17) is 0 Å². The fourth-order valence-electron chi connectivity index (χ4n) is 3.96. The summed E-state index contributed by atoms with van der Waals surface area (Å²) in [6.45, 7) is 3.33. The van der Waals surface area contributed by atoms with Gasteiger partial charge in [-0.2, -0.15) is 0 Å². The van der Waals surface area contributed by atoms with E-state index in [-0.39, 0.29) is 5.91 Å². The normalized spacial score (nSPS) is 16.8. The maximum atomic E-state index is 13.6. The molecular formula is C26H27N3O2S. The maximum Gasteiger partial charge on any atom is 0.259 e. The third-order valence-corrected chi connectivity index (χ3v) is 6.72. The number of amides is 1. The fraction of sp³-hybridized carbons (Fsp3) is 0.231. The first-order valence-corrected chi connectivity index (χ1v) is 11.6. The van der Waals surface area contributed by atoms with Crippen molar-refractivity contribution < 1.29 is 9.59 Å². The van der Waals surface area contributed by atoms with Gasteiger partial charge in [0.2, 0.25) is 0 Å². The highest BCUT2D eigenvalue weighted by Crippen LogP contribution is 2.41. The molecule has 1 amide bonds. The van der Waals surface area contributed by atoms with E-state index in [0.717, 1.165) is 28.0 Å². The van der Waals surface area contributed by atoms with E-state index in [9.17, 15) is 9.59 Å². The van der Waals surface area contributed by atoms with Gasteiger partial charge in [0.15, 0.2) is 6.17 Å². The van der Waals surface area contributed by atoms with Crippen molar-refractivity contribution in [3.05, 3.63) is 96.1 Å². The van der Waals surface area contributed by atoms with Gasteiger partial charge >= 0.3 is 0 Å². The highest BCUT2D eigenvalue weighted by Gasteiger charge is 2.38. The van der Waals surface area contributed by atoms with Crippen molar-refractivity contribution in [3.63, 3.8) is 0 Å². The lowest BCUT2D eigenvalue weighted by atomic mass is 10.1. The second-order valence-electron chi connectivity index (χ2n) is 7.72. The lowest BCUT2D eigenvalue weighted by Crippen LogP contribution is -2.58. The minimum absolute atomic E-state index is 0.169. The van der Waals surface area contributed by atoms with Gasteiger partial charge in [-0.15, -0.1) is 0 Å². The van der Waals surface area contributed by atoms with Crippen LogP contribution in [0.5, 0.6) is 0 Å². The Labute approximate surface area is 193 Å². The monoisotopic (exact) mass is 445 g/mol. The topological polar surface area (TPSA) is 52.6 Å². The summed E-state index contributed by atoms with van der Waals surface area (Å²) >= 11 is 1.59. The number of carbonyl (C=O) groups excluding carboxylic acids is 2. The number of rotatable bonds is 8. The van der Waals surface area contributed by atoms with Crippen molar-refractivity contribution >= 4 is 29.8 Å². The van der Waals surface area contributed by atoms with Crippen LogP contribution in [0.1, 0.15) is 18.1 Å². The lowest BCUT2D eigenvalue weighted by Gasteiger charge is -2.44. The predicted octanol–water partition coefficient (Wildman–Crippen LogP) is 4.29. The summed E-state index contributed by atoms with van der Waals surface area (Å²) in [5.41, 5.74) is 3.16. The zero-order valence-electron chi connectivity index (χ0n) is 18.1. The smallest absolute Gasteiger partial charge is 0.259 e. The van der Waals surface area contributed by atoms with Crippen LogP contribution in [-0.4, -0.2) is 35.3 Å². The summed E-state index contributed by atoms with van der Waals surface area (Å²) < 4.78 is 2.07. The Bertz CT molecular complexity index is 1050. The summed E-state index contributed by atoms with van der Waals surface area (Å²) in [7, 11) is 0. The summed E-state index contributed by atoms with van der Waals surface area (Å²) in [6.07, 6.45) is 0.766. The van der Waals surface area contributed by atoms with Crippen LogP contribution in [0, 0.1) is 0 Å². The molecule has 0 radical (unpaired) electrons. The van der Waals surface area contributed by atoms with E-state index in [1.54, 1.807) is 11.9 Å². The molecule has 1 aliphatic heterocycles. The molecule has 6 heteroatoms. The molecule has 0 aliphatic carbocycles. The van der Waals surface area contributed by atoms with Crippen LogP contribution >= 0.6 is 11.9 Å². The third kappa shape index (κ3) is 5.03. The molecule has 0 saturated heterocycles. The van der Waals surface area contributed by atoms with Crippen LogP contribution in [-0.2, 0) is 22.6 Å². The van der Waals surface area contributed by atoms with Gasteiger partial charge in [-0.25, -0.2) is 4.31 Å². The number of likely N-dealkylation sites (N-methyl/N-ethyl adjacent to an activating group) is 1. The number of hydrogen-bond acceptors (Lipinski definition) is 5. The van der Waals surface area contributed by atoms with E-state index in [1.165, 1.54) is 0 Å². The SMILES string of the molecule is CCN1Sc2ccccc2N(Cc2ccccc2)C1C(=O)N[C@H](C=O)Cc1ccccc1. The van der Waals surface area contributed by atoms with Crippen LogP contribution in [0.3, 0.4) is 0 Å². The number of aldehydes is 1. The summed E-state index contributed by atoms with van der Waals surface area (Å²) in [5, 5.41) is 2.99. The van der Waals surface area contributed by atoms with E-state index >= 15 is 0 Å². The van der Waals surface area contributed by atoms with Crippen molar-refractivity contribution in [1.82, 2.24) is 9.62 Å². The van der Waals surface area contributed by atoms with E-state index in [1.807, 2.05) is 67.6 Å². The van der Waals surface area contributed by atoms with Crippen molar-refractivity contribution in [2.75, 3.05) is 11.4 Å². The average Bonchev–Trinajstić information content (AvgIpc) is 2.84. The van der Waals surface area contributed by atoms with Gasteiger partial charge in [-0.1, -0.05) is 79.7 Å². The Balaban J connectivity index is 1.62. The largest absolute Gasteiger partial charge is 0.343 e. The number of hydrogen-bond donors (Lipinski definition) is 1. The number of nitrogens with zero attached hydrogens (tertiary/aromatic N) is 2.